The average Bonchev–Trinajstić information content (AvgIpc) is 2.45. The van der Waals surface area contributed by atoms with Crippen LogP contribution in [0.25, 0.3) is 0 Å². The van der Waals surface area contributed by atoms with Crippen LogP contribution in [0.5, 0.6) is 0 Å². The van der Waals surface area contributed by atoms with Gasteiger partial charge in [-0.2, -0.15) is 0 Å². The van der Waals surface area contributed by atoms with E-state index in [9.17, 15) is 14.0 Å². The Morgan fingerprint density at radius 2 is 1.95 bits per heavy atom. The van der Waals surface area contributed by atoms with Gasteiger partial charge >= 0.3 is 0 Å². The maximum absolute atomic E-state index is 12.9. The number of rotatable bonds is 4. The van der Waals surface area contributed by atoms with E-state index in [1.807, 2.05) is 13.8 Å². The smallest absolute Gasteiger partial charge is 0.248 e. The van der Waals surface area contributed by atoms with Crippen molar-refractivity contribution in [2.24, 2.45) is 0 Å². The number of carbonyl (C=O) groups is 2. The fourth-order valence-corrected chi connectivity index (χ4v) is 2.61. The Bertz CT molecular complexity index is 544. The molecule has 1 heterocycles. The first-order valence-electron chi connectivity index (χ1n) is 7.22. The largest absolute Gasteiger partial charge is 0.340 e. The molecule has 1 saturated heterocycles. The molecular formula is C16H21FN2O2. The molecule has 0 aliphatic carbocycles. The van der Waals surface area contributed by atoms with Crippen LogP contribution in [0.3, 0.4) is 0 Å². The molecule has 0 saturated carbocycles. The minimum Gasteiger partial charge on any atom is -0.340 e. The molecule has 0 bridgehead atoms. The fourth-order valence-electron chi connectivity index (χ4n) is 2.61. The number of hydrogen-bond donors (Lipinski definition) is 1. The van der Waals surface area contributed by atoms with Gasteiger partial charge < -0.3 is 10.2 Å². The van der Waals surface area contributed by atoms with Crippen LogP contribution in [-0.4, -0.2) is 34.8 Å². The predicted molar refractivity (Wildman–Crippen MR) is 78.1 cm³/mol. The van der Waals surface area contributed by atoms with E-state index in [2.05, 4.69) is 5.32 Å². The average molecular weight is 292 g/mol. The lowest BCUT2D eigenvalue weighted by molar-refractivity contribution is -0.151. The molecule has 1 aliphatic rings. The lowest BCUT2D eigenvalue weighted by atomic mass is 9.92. The summed E-state index contributed by atoms with van der Waals surface area (Å²) in [5, 5.41) is 2.77. The van der Waals surface area contributed by atoms with Crippen molar-refractivity contribution in [2.45, 2.75) is 45.2 Å². The second-order valence-corrected chi connectivity index (χ2v) is 5.85. The van der Waals surface area contributed by atoms with Crippen LogP contribution in [0.15, 0.2) is 24.3 Å². The highest BCUT2D eigenvalue weighted by molar-refractivity contribution is 5.97. The highest BCUT2D eigenvalue weighted by Crippen LogP contribution is 2.21. The van der Waals surface area contributed by atoms with Crippen LogP contribution in [0.2, 0.25) is 0 Å². The molecule has 1 N–H and O–H groups in total. The maximum atomic E-state index is 12.9. The molecule has 0 radical (unpaired) electrons. The molecule has 21 heavy (non-hydrogen) atoms. The lowest BCUT2D eigenvalue weighted by Gasteiger charge is -2.42. The molecule has 114 valence electrons. The van der Waals surface area contributed by atoms with E-state index in [-0.39, 0.29) is 30.2 Å². The van der Waals surface area contributed by atoms with Gasteiger partial charge in [0, 0.05) is 6.04 Å². The van der Waals surface area contributed by atoms with E-state index in [0.717, 1.165) is 5.56 Å². The molecule has 2 unspecified atom stereocenters. The highest BCUT2D eigenvalue weighted by Gasteiger charge is 2.42. The third kappa shape index (κ3) is 3.23. The molecule has 1 aromatic carbocycles. The monoisotopic (exact) mass is 292 g/mol. The quantitative estimate of drug-likeness (QED) is 0.921. The Hall–Kier alpha value is -1.91. The first-order valence-corrected chi connectivity index (χ1v) is 7.22. The van der Waals surface area contributed by atoms with Crippen molar-refractivity contribution in [3.05, 3.63) is 35.6 Å². The zero-order valence-corrected chi connectivity index (χ0v) is 12.6. The zero-order valence-electron chi connectivity index (χ0n) is 12.6. The van der Waals surface area contributed by atoms with Gasteiger partial charge in [0.25, 0.3) is 0 Å². The van der Waals surface area contributed by atoms with E-state index >= 15 is 0 Å². The van der Waals surface area contributed by atoms with E-state index in [1.165, 1.54) is 12.1 Å². The number of benzene rings is 1. The summed E-state index contributed by atoms with van der Waals surface area (Å²) in [6.07, 6.45) is 1.15. The van der Waals surface area contributed by atoms with Gasteiger partial charge in [0.2, 0.25) is 11.8 Å². The molecule has 2 amide bonds. The van der Waals surface area contributed by atoms with Crippen LogP contribution in [0.4, 0.5) is 4.39 Å². The van der Waals surface area contributed by atoms with Gasteiger partial charge in [-0.25, -0.2) is 4.39 Å². The van der Waals surface area contributed by atoms with Gasteiger partial charge in [-0.15, -0.1) is 0 Å². The van der Waals surface area contributed by atoms with Crippen molar-refractivity contribution >= 4 is 11.8 Å². The third-order valence-electron chi connectivity index (χ3n) is 4.15. The van der Waals surface area contributed by atoms with Crippen molar-refractivity contribution < 1.29 is 14.0 Å². The second kappa shape index (κ2) is 5.84. The number of nitrogens with zero attached hydrogens (tertiary/aromatic N) is 1. The van der Waals surface area contributed by atoms with Crippen molar-refractivity contribution in [1.29, 1.82) is 0 Å². The van der Waals surface area contributed by atoms with E-state index < -0.39 is 5.54 Å². The van der Waals surface area contributed by atoms with Gasteiger partial charge in [0.1, 0.15) is 11.4 Å². The topological polar surface area (TPSA) is 49.4 Å². The molecule has 4 nitrogen and oxygen atoms in total. The number of amides is 2. The van der Waals surface area contributed by atoms with Crippen LogP contribution in [0.1, 0.15) is 32.8 Å². The van der Waals surface area contributed by atoms with Gasteiger partial charge in [-0.05, 0) is 44.4 Å². The summed E-state index contributed by atoms with van der Waals surface area (Å²) < 4.78 is 12.9. The van der Waals surface area contributed by atoms with Crippen molar-refractivity contribution in [2.75, 3.05) is 6.54 Å². The summed E-state index contributed by atoms with van der Waals surface area (Å²) >= 11 is 0. The first-order chi connectivity index (χ1) is 9.85. The molecule has 2 atom stereocenters. The van der Waals surface area contributed by atoms with Crippen molar-refractivity contribution in [3.8, 4) is 0 Å². The lowest BCUT2D eigenvalue weighted by Crippen LogP contribution is -2.66. The van der Waals surface area contributed by atoms with Crippen molar-refractivity contribution in [1.82, 2.24) is 10.2 Å². The molecule has 2 rings (SSSR count). The predicted octanol–water partition coefficient (Wildman–Crippen LogP) is 1.88. The van der Waals surface area contributed by atoms with Gasteiger partial charge in [-0.3, -0.25) is 9.59 Å². The molecule has 1 aliphatic heterocycles. The van der Waals surface area contributed by atoms with Crippen LogP contribution in [0, 0.1) is 5.82 Å². The van der Waals surface area contributed by atoms with Gasteiger partial charge in [-0.1, -0.05) is 19.1 Å². The Morgan fingerprint density at radius 3 is 2.52 bits per heavy atom. The Labute approximate surface area is 124 Å². The summed E-state index contributed by atoms with van der Waals surface area (Å²) in [5.41, 5.74) is 0.118. The molecule has 5 heteroatoms. The molecule has 1 fully saturated rings. The van der Waals surface area contributed by atoms with E-state index in [1.54, 1.807) is 24.0 Å². The highest BCUT2D eigenvalue weighted by atomic mass is 19.1. The Morgan fingerprint density at radius 1 is 1.33 bits per heavy atom. The van der Waals surface area contributed by atoms with Gasteiger partial charge in [0.15, 0.2) is 0 Å². The number of halogens is 1. The summed E-state index contributed by atoms with van der Waals surface area (Å²) in [7, 11) is 0. The summed E-state index contributed by atoms with van der Waals surface area (Å²) in [6, 6.07) is 6.12. The van der Waals surface area contributed by atoms with Crippen LogP contribution >= 0.6 is 0 Å². The fraction of sp³-hybridized carbons (Fsp3) is 0.500. The minimum absolute atomic E-state index is 0.0563. The maximum Gasteiger partial charge on any atom is 0.248 e. The second-order valence-electron chi connectivity index (χ2n) is 5.85. The van der Waals surface area contributed by atoms with Crippen molar-refractivity contribution in [3.63, 3.8) is 0 Å². The Balaban J connectivity index is 2.13. The normalized spacial score (nSPS) is 23.9. The van der Waals surface area contributed by atoms with E-state index in [0.29, 0.717) is 12.8 Å². The zero-order chi connectivity index (χ0) is 15.6. The SMILES string of the molecule is CCC1(C)NC(=O)CN(C(C)Cc2ccc(F)cc2)C1=O. The first kappa shape index (κ1) is 15.5. The summed E-state index contributed by atoms with van der Waals surface area (Å²) in [6.45, 7) is 5.63. The van der Waals surface area contributed by atoms with Crippen LogP contribution < -0.4 is 5.32 Å². The number of piperazine rings is 1. The minimum atomic E-state index is -0.827. The molecular weight excluding hydrogens is 271 g/mol. The molecule has 0 aromatic heterocycles. The Kier molecular flexibility index (Phi) is 4.30. The van der Waals surface area contributed by atoms with Gasteiger partial charge in [0.05, 0.1) is 6.54 Å². The number of hydrogen-bond acceptors (Lipinski definition) is 2. The summed E-state index contributed by atoms with van der Waals surface area (Å²) in [4.78, 5) is 26.0. The molecule has 1 aromatic rings. The number of carbonyl (C=O) groups excluding carboxylic acids is 2. The number of nitrogens with one attached hydrogen (secondary N) is 1. The van der Waals surface area contributed by atoms with Crippen LogP contribution in [-0.2, 0) is 16.0 Å². The molecule has 0 spiro atoms. The summed E-state index contributed by atoms with van der Waals surface area (Å²) in [5.74, 6) is -0.470. The standard InChI is InChI=1S/C16H21FN2O2/c1-4-16(3)15(21)19(10-14(20)18-16)11(2)9-12-5-7-13(17)8-6-12/h5-8,11H,4,9-10H2,1-3H3,(H,18,20). The van der Waals surface area contributed by atoms with E-state index in [4.69, 9.17) is 0 Å². The third-order valence-corrected chi connectivity index (χ3v) is 4.15.